The van der Waals surface area contributed by atoms with Gasteiger partial charge in [-0.2, -0.15) is 0 Å². The molecule has 0 spiro atoms. The quantitative estimate of drug-likeness (QED) is 0.714. The Kier molecular flexibility index (Phi) is 4.37. The van der Waals surface area contributed by atoms with E-state index < -0.39 is 5.60 Å². The van der Waals surface area contributed by atoms with E-state index in [1.165, 1.54) is 0 Å². The van der Waals surface area contributed by atoms with Crippen LogP contribution in [-0.4, -0.2) is 32.5 Å². The van der Waals surface area contributed by atoms with Crippen molar-refractivity contribution < 1.29 is 9.53 Å². The molecule has 1 aliphatic heterocycles. The van der Waals surface area contributed by atoms with Crippen LogP contribution in [0.15, 0.2) is 36.8 Å². The van der Waals surface area contributed by atoms with Gasteiger partial charge < -0.3 is 15.4 Å². The fourth-order valence-corrected chi connectivity index (χ4v) is 3.04. The summed E-state index contributed by atoms with van der Waals surface area (Å²) in [5, 5.41) is 7.08. The summed E-state index contributed by atoms with van der Waals surface area (Å²) in [5.74, 6) is 1.07. The summed E-state index contributed by atoms with van der Waals surface area (Å²) < 4.78 is 5.82. The van der Waals surface area contributed by atoms with Gasteiger partial charge in [0.05, 0.1) is 11.2 Å². The third-order valence-electron chi connectivity index (χ3n) is 4.93. The van der Waals surface area contributed by atoms with E-state index in [2.05, 4.69) is 34.4 Å². The van der Waals surface area contributed by atoms with Crippen LogP contribution in [0.1, 0.15) is 34.1 Å². The van der Waals surface area contributed by atoms with Gasteiger partial charge in [0.15, 0.2) is 5.60 Å². The smallest absolute Gasteiger partial charge is 0.268 e. The highest BCUT2D eigenvalue weighted by atomic mass is 16.5. The normalized spacial score (nSPS) is 16.1. The molecule has 4 rings (SSSR count). The van der Waals surface area contributed by atoms with E-state index in [1.807, 2.05) is 18.2 Å². The highest BCUT2D eigenvalue weighted by molar-refractivity contribution is 6.01. The van der Waals surface area contributed by atoms with E-state index in [-0.39, 0.29) is 11.9 Å². The van der Waals surface area contributed by atoms with Crippen molar-refractivity contribution in [3.63, 3.8) is 0 Å². The number of nitrogens with one attached hydrogen (secondary N) is 2. The molecule has 0 aliphatic carbocycles. The van der Waals surface area contributed by atoms with Crippen LogP contribution in [-0.2, 0) is 4.79 Å². The second kappa shape index (κ2) is 6.74. The maximum absolute atomic E-state index is 12.2. The molecule has 144 valence electrons. The standard InChI is InChI=1S/C21H23N5O2/c1-5-12(2)24-20-23-10-14-9-22-11-15(18(14)26-20)13-6-7-17-16(8-13)25-19(27)21(3,4)28-17/h6-12H,5H2,1-4H3,(H,25,27)(H,23,24,26)/t12-/m0/s1. The lowest BCUT2D eigenvalue weighted by molar-refractivity contribution is -0.129. The number of amides is 1. The van der Waals surface area contributed by atoms with Crippen molar-refractivity contribution in [2.75, 3.05) is 10.6 Å². The van der Waals surface area contributed by atoms with Crippen molar-refractivity contribution in [1.29, 1.82) is 0 Å². The molecule has 0 radical (unpaired) electrons. The molecule has 0 saturated carbocycles. The molecule has 1 atom stereocenters. The first-order valence-electron chi connectivity index (χ1n) is 9.39. The van der Waals surface area contributed by atoms with Crippen molar-refractivity contribution in [3.8, 4) is 16.9 Å². The van der Waals surface area contributed by atoms with Crippen LogP contribution < -0.4 is 15.4 Å². The molecular weight excluding hydrogens is 354 g/mol. The lowest BCUT2D eigenvalue weighted by Crippen LogP contribution is -2.45. The van der Waals surface area contributed by atoms with Gasteiger partial charge >= 0.3 is 0 Å². The van der Waals surface area contributed by atoms with E-state index in [4.69, 9.17) is 9.72 Å². The third kappa shape index (κ3) is 3.24. The van der Waals surface area contributed by atoms with Gasteiger partial charge in [0, 0.05) is 35.6 Å². The van der Waals surface area contributed by atoms with Crippen LogP contribution in [0, 0.1) is 0 Å². The molecule has 2 N–H and O–H groups in total. The molecule has 0 unspecified atom stereocenters. The lowest BCUT2D eigenvalue weighted by atomic mass is 10.0. The number of anilines is 2. The molecule has 2 aromatic heterocycles. The zero-order valence-electron chi connectivity index (χ0n) is 16.4. The van der Waals surface area contributed by atoms with E-state index in [0.717, 1.165) is 28.5 Å². The predicted octanol–water partition coefficient (Wildman–Crippen LogP) is 4.01. The molecule has 0 fully saturated rings. The topological polar surface area (TPSA) is 89.0 Å². The second-order valence-corrected chi connectivity index (χ2v) is 7.55. The number of nitrogens with zero attached hydrogens (tertiary/aromatic N) is 3. The molecule has 0 bridgehead atoms. The van der Waals surface area contributed by atoms with Gasteiger partial charge in [0.25, 0.3) is 5.91 Å². The summed E-state index contributed by atoms with van der Waals surface area (Å²) in [6.45, 7) is 7.70. The van der Waals surface area contributed by atoms with Gasteiger partial charge in [-0.3, -0.25) is 9.78 Å². The van der Waals surface area contributed by atoms with Gasteiger partial charge in [0.2, 0.25) is 5.95 Å². The molecule has 1 amide bonds. The first kappa shape index (κ1) is 18.2. The minimum atomic E-state index is -0.890. The van der Waals surface area contributed by atoms with Crippen molar-refractivity contribution in [2.45, 2.75) is 45.8 Å². The van der Waals surface area contributed by atoms with Crippen LogP contribution in [0.3, 0.4) is 0 Å². The molecule has 0 saturated heterocycles. The predicted molar refractivity (Wildman–Crippen MR) is 109 cm³/mol. The van der Waals surface area contributed by atoms with Crippen molar-refractivity contribution in [3.05, 3.63) is 36.8 Å². The summed E-state index contributed by atoms with van der Waals surface area (Å²) in [7, 11) is 0. The summed E-state index contributed by atoms with van der Waals surface area (Å²) in [6, 6.07) is 5.99. The number of fused-ring (bicyclic) bond motifs is 2. The Morgan fingerprint density at radius 1 is 1.25 bits per heavy atom. The Morgan fingerprint density at radius 2 is 2.07 bits per heavy atom. The average molecular weight is 377 g/mol. The molecule has 1 aromatic carbocycles. The Bertz CT molecular complexity index is 1060. The molecular formula is C21H23N5O2. The highest BCUT2D eigenvalue weighted by Gasteiger charge is 2.35. The van der Waals surface area contributed by atoms with E-state index in [0.29, 0.717) is 17.4 Å². The summed E-state index contributed by atoms with van der Waals surface area (Å²) in [5.41, 5.74) is 2.33. The molecule has 28 heavy (non-hydrogen) atoms. The van der Waals surface area contributed by atoms with E-state index in [1.54, 1.807) is 32.4 Å². The second-order valence-electron chi connectivity index (χ2n) is 7.55. The molecule has 7 nitrogen and oxygen atoms in total. The highest BCUT2D eigenvalue weighted by Crippen LogP contribution is 2.37. The summed E-state index contributed by atoms with van der Waals surface area (Å²) >= 11 is 0. The number of hydrogen-bond acceptors (Lipinski definition) is 6. The Hall–Kier alpha value is -3.22. The fraction of sp³-hybridized carbons (Fsp3) is 0.333. The van der Waals surface area contributed by atoms with Crippen LogP contribution in [0.25, 0.3) is 22.0 Å². The fourth-order valence-electron chi connectivity index (χ4n) is 3.04. The number of hydrogen-bond donors (Lipinski definition) is 2. The minimum absolute atomic E-state index is 0.171. The molecule has 7 heteroatoms. The number of benzene rings is 1. The van der Waals surface area contributed by atoms with Crippen molar-refractivity contribution in [1.82, 2.24) is 15.0 Å². The molecule has 1 aliphatic rings. The van der Waals surface area contributed by atoms with Gasteiger partial charge in [0.1, 0.15) is 5.75 Å². The summed E-state index contributed by atoms with van der Waals surface area (Å²) in [4.78, 5) is 25.7. The molecule has 3 aromatic rings. The first-order valence-corrected chi connectivity index (χ1v) is 9.39. The van der Waals surface area contributed by atoms with Crippen molar-refractivity contribution in [2.24, 2.45) is 0 Å². The van der Waals surface area contributed by atoms with Crippen LogP contribution in [0.2, 0.25) is 0 Å². The monoisotopic (exact) mass is 377 g/mol. The zero-order chi connectivity index (χ0) is 19.9. The zero-order valence-corrected chi connectivity index (χ0v) is 16.4. The van der Waals surface area contributed by atoms with Gasteiger partial charge in [-0.05, 0) is 44.9 Å². The lowest BCUT2D eigenvalue weighted by Gasteiger charge is -2.31. The largest absolute Gasteiger partial charge is 0.476 e. The Balaban J connectivity index is 1.78. The average Bonchev–Trinajstić information content (AvgIpc) is 2.67. The summed E-state index contributed by atoms with van der Waals surface area (Å²) in [6.07, 6.45) is 6.28. The maximum atomic E-state index is 12.2. The van der Waals surface area contributed by atoms with E-state index >= 15 is 0 Å². The van der Waals surface area contributed by atoms with Gasteiger partial charge in [-0.15, -0.1) is 0 Å². The Labute approximate surface area is 163 Å². The molecule has 3 heterocycles. The van der Waals surface area contributed by atoms with Crippen LogP contribution in [0.5, 0.6) is 5.75 Å². The number of ether oxygens (including phenoxy) is 1. The number of carbonyl (C=O) groups is 1. The van der Waals surface area contributed by atoms with E-state index in [9.17, 15) is 4.79 Å². The number of rotatable bonds is 4. The Morgan fingerprint density at radius 3 is 2.86 bits per heavy atom. The van der Waals surface area contributed by atoms with Gasteiger partial charge in [-0.1, -0.05) is 13.0 Å². The van der Waals surface area contributed by atoms with Crippen LogP contribution in [0.4, 0.5) is 11.6 Å². The van der Waals surface area contributed by atoms with Gasteiger partial charge in [-0.25, -0.2) is 9.97 Å². The minimum Gasteiger partial charge on any atom is -0.476 e. The third-order valence-corrected chi connectivity index (χ3v) is 4.93. The van der Waals surface area contributed by atoms with Crippen molar-refractivity contribution >= 4 is 28.4 Å². The maximum Gasteiger partial charge on any atom is 0.268 e. The number of carbonyl (C=O) groups excluding carboxylic acids is 1. The first-order chi connectivity index (χ1) is 13.4. The SMILES string of the molecule is CC[C@H](C)Nc1ncc2cncc(-c3ccc4c(c3)NC(=O)C(C)(C)O4)c2n1. The number of aromatic nitrogens is 3. The number of pyridine rings is 1. The van der Waals surface area contributed by atoms with Crippen LogP contribution >= 0.6 is 0 Å².